The Morgan fingerprint density at radius 1 is 1.41 bits per heavy atom. The molecule has 1 aliphatic rings. The summed E-state index contributed by atoms with van der Waals surface area (Å²) >= 11 is 0.920. The van der Waals surface area contributed by atoms with Gasteiger partial charge in [-0.15, -0.1) is 11.3 Å². The van der Waals surface area contributed by atoms with Crippen molar-refractivity contribution in [2.24, 2.45) is 10.9 Å². The number of primary amides is 1. The Morgan fingerprint density at radius 3 is 2.50 bits per heavy atom. The fourth-order valence-electron chi connectivity index (χ4n) is 2.30. The zero-order valence-corrected chi connectivity index (χ0v) is 18.0. The van der Waals surface area contributed by atoms with Gasteiger partial charge in [0, 0.05) is 5.38 Å². The van der Waals surface area contributed by atoms with Crippen molar-refractivity contribution in [3.63, 3.8) is 0 Å². The number of aromatic nitrogens is 1. The molecule has 2 rings (SSSR count). The molecule has 0 spiro atoms. The van der Waals surface area contributed by atoms with Crippen LogP contribution in [-0.2, 0) is 34.3 Å². The fourth-order valence-corrected chi connectivity index (χ4v) is 3.72. The van der Waals surface area contributed by atoms with Crippen LogP contribution in [0, 0.1) is 0 Å². The smallest absolute Gasteiger partial charge is 0.404 e. The van der Waals surface area contributed by atoms with Crippen molar-refractivity contribution in [3.8, 4) is 0 Å². The summed E-state index contributed by atoms with van der Waals surface area (Å²) in [7, 11) is -5.04. The molecule has 1 aromatic rings. The SMILES string of the molecule is CC(C)(ON=C(C(=O)N[C@H]1C(=O)N(S(=O)(=O)O)[C@H]1COC(N)=O)c1csc(N)n1)C(=O)O. The van der Waals surface area contributed by atoms with Crippen LogP contribution in [0.4, 0.5) is 9.93 Å². The Balaban J connectivity index is 2.32. The molecule has 1 fully saturated rings. The van der Waals surface area contributed by atoms with Gasteiger partial charge >= 0.3 is 22.4 Å². The number of nitrogen functional groups attached to an aromatic ring is 1. The molecule has 18 heteroatoms. The van der Waals surface area contributed by atoms with E-state index in [9.17, 15) is 32.1 Å². The van der Waals surface area contributed by atoms with Crippen molar-refractivity contribution in [1.29, 1.82) is 0 Å². The van der Waals surface area contributed by atoms with E-state index in [0.29, 0.717) is 0 Å². The summed E-state index contributed by atoms with van der Waals surface area (Å²) < 4.78 is 36.4. The second-order valence-electron chi connectivity index (χ2n) is 6.68. The van der Waals surface area contributed by atoms with Crippen LogP contribution < -0.4 is 16.8 Å². The number of anilines is 1. The summed E-state index contributed by atoms with van der Waals surface area (Å²) in [6, 6.07) is -3.11. The number of amides is 3. The summed E-state index contributed by atoms with van der Waals surface area (Å²) in [4.78, 5) is 55.8. The minimum atomic E-state index is -5.04. The number of oxime groups is 1. The first-order valence-electron chi connectivity index (χ1n) is 8.40. The molecule has 16 nitrogen and oxygen atoms in total. The molecule has 7 N–H and O–H groups in total. The van der Waals surface area contributed by atoms with Crippen LogP contribution in [-0.4, -0.2) is 81.2 Å². The first kappa shape index (κ1) is 24.8. The van der Waals surface area contributed by atoms with Crippen LogP contribution in [0.25, 0.3) is 0 Å². The van der Waals surface area contributed by atoms with Gasteiger partial charge < -0.3 is 31.5 Å². The van der Waals surface area contributed by atoms with E-state index in [-0.39, 0.29) is 15.1 Å². The minimum Gasteiger partial charge on any atom is -0.478 e. The lowest BCUT2D eigenvalue weighted by Crippen LogP contribution is -2.73. The topological polar surface area (TPSA) is 254 Å². The number of ether oxygens (including phenoxy) is 1. The second-order valence-corrected chi connectivity index (χ2v) is 8.86. The van der Waals surface area contributed by atoms with Crippen molar-refractivity contribution in [2.75, 3.05) is 12.3 Å². The fraction of sp³-hybridized carbons (Fsp3) is 0.429. The number of carboxylic acid groups (broad SMARTS) is 1. The van der Waals surface area contributed by atoms with Gasteiger partial charge in [0.15, 0.2) is 10.8 Å². The van der Waals surface area contributed by atoms with Gasteiger partial charge in [-0.05, 0) is 13.8 Å². The molecule has 2 atom stereocenters. The number of nitrogens with zero attached hydrogens (tertiary/aromatic N) is 3. The maximum absolute atomic E-state index is 12.8. The first-order chi connectivity index (χ1) is 14.6. The molecule has 0 unspecified atom stereocenters. The van der Waals surface area contributed by atoms with Crippen LogP contribution in [0.5, 0.6) is 0 Å². The highest BCUT2D eigenvalue weighted by Gasteiger charge is 2.55. The van der Waals surface area contributed by atoms with Gasteiger partial charge in [0.1, 0.15) is 24.4 Å². The Bertz CT molecular complexity index is 1080. The zero-order chi connectivity index (χ0) is 24.4. The van der Waals surface area contributed by atoms with Crippen molar-refractivity contribution in [1.82, 2.24) is 14.6 Å². The van der Waals surface area contributed by atoms with Crippen molar-refractivity contribution in [3.05, 3.63) is 11.1 Å². The van der Waals surface area contributed by atoms with Crippen LogP contribution >= 0.6 is 11.3 Å². The van der Waals surface area contributed by atoms with Gasteiger partial charge in [-0.2, -0.15) is 8.42 Å². The van der Waals surface area contributed by atoms with E-state index in [1.165, 1.54) is 5.38 Å². The third-order valence-corrected chi connectivity index (χ3v) is 5.58. The molecule has 1 saturated heterocycles. The standard InChI is InChI=1S/C14H18N6O10S2/c1-14(2,11(23)24)30-19-7(5-4-31-12(15)17-5)9(21)18-8-6(3-29-13(16)25)20(10(8)22)32(26,27)28/h4,6,8H,3H2,1-2H3,(H2,15,17)(H2,16,25)(H,18,21)(H,23,24)(H,26,27,28)/t6-,8+/m0/s1. The lowest BCUT2D eigenvalue weighted by molar-refractivity contribution is -0.161. The number of carbonyl (C=O) groups is 4. The maximum atomic E-state index is 12.8. The highest BCUT2D eigenvalue weighted by Crippen LogP contribution is 2.24. The Hall–Kier alpha value is -3.51. The second kappa shape index (κ2) is 8.93. The van der Waals surface area contributed by atoms with E-state index in [1.807, 2.05) is 0 Å². The number of nitrogens with two attached hydrogens (primary N) is 2. The molecule has 32 heavy (non-hydrogen) atoms. The minimum absolute atomic E-state index is 0.0113. The molecule has 3 amide bonds. The van der Waals surface area contributed by atoms with Crippen LogP contribution in [0.3, 0.4) is 0 Å². The molecule has 0 aliphatic carbocycles. The van der Waals surface area contributed by atoms with Crippen molar-refractivity contribution < 1.29 is 46.8 Å². The molecule has 0 bridgehead atoms. The van der Waals surface area contributed by atoms with Gasteiger partial charge in [0.25, 0.3) is 11.8 Å². The van der Waals surface area contributed by atoms with E-state index < -0.39 is 64.2 Å². The van der Waals surface area contributed by atoms with Crippen molar-refractivity contribution in [2.45, 2.75) is 31.5 Å². The summed E-state index contributed by atoms with van der Waals surface area (Å²) in [5.74, 6) is -3.78. The lowest BCUT2D eigenvalue weighted by atomic mass is 9.99. The molecule has 1 aliphatic heterocycles. The molecule has 1 aromatic heterocycles. The molecule has 0 aromatic carbocycles. The Morgan fingerprint density at radius 2 is 2.03 bits per heavy atom. The predicted molar refractivity (Wildman–Crippen MR) is 106 cm³/mol. The van der Waals surface area contributed by atoms with Crippen molar-refractivity contribution >= 4 is 56.4 Å². The number of thiazole rings is 1. The summed E-state index contributed by atoms with van der Waals surface area (Å²) in [6.07, 6.45) is -1.30. The molecule has 2 heterocycles. The van der Waals surface area contributed by atoms with E-state index >= 15 is 0 Å². The number of carboxylic acids is 1. The normalized spacial score (nSPS) is 19.2. The van der Waals surface area contributed by atoms with Crippen LogP contribution in [0.1, 0.15) is 19.5 Å². The number of carbonyl (C=O) groups excluding carboxylic acids is 3. The summed E-state index contributed by atoms with van der Waals surface area (Å²) in [5.41, 5.74) is 7.79. The number of hydrogen-bond acceptors (Lipinski definition) is 12. The zero-order valence-electron chi connectivity index (χ0n) is 16.4. The van der Waals surface area contributed by atoms with Gasteiger partial charge in [-0.3, -0.25) is 14.1 Å². The van der Waals surface area contributed by atoms with E-state index in [4.69, 9.17) is 21.4 Å². The predicted octanol–water partition coefficient (Wildman–Crippen LogP) is -2.10. The Labute approximate surface area is 184 Å². The molecule has 176 valence electrons. The largest absolute Gasteiger partial charge is 0.478 e. The number of nitrogens with one attached hydrogen (secondary N) is 1. The maximum Gasteiger partial charge on any atom is 0.404 e. The van der Waals surface area contributed by atoms with Gasteiger partial charge in [-0.25, -0.2) is 18.9 Å². The van der Waals surface area contributed by atoms with Gasteiger partial charge in [0.2, 0.25) is 5.60 Å². The number of aliphatic carboxylic acids is 1. The molecular formula is C14H18N6O10S2. The summed E-state index contributed by atoms with van der Waals surface area (Å²) in [6.45, 7) is 1.53. The van der Waals surface area contributed by atoms with E-state index in [2.05, 4.69) is 20.2 Å². The highest BCUT2D eigenvalue weighted by molar-refractivity contribution is 7.84. The van der Waals surface area contributed by atoms with Gasteiger partial charge in [0.05, 0.1) is 0 Å². The number of rotatable bonds is 9. The third-order valence-electron chi connectivity index (χ3n) is 3.96. The van der Waals surface area contributed by atoms with E-state index in [1.54, 1.807) is 0 Å². The first-order valence-corrected chi connectivity index (χ1v) is 10.7. The average Bonchev–Trinajstić information content (AvgIpc) is 3.07. The number of hydrogen-bond donors (Lipinski definition) is 5. The van der Waals surface area contributed by atoms with Crippen LogP contribution in [0.15, 0.2) is 10.5 Å². The molecular weight excluding hydrogens is 476 g/mol. The quantitative estimate of drug-likeness (QED) is 0.107. The lowest BCUT2D eigenvalue weighted by Gasteiger charge is -2.43. The Kier molecular flexibility index (Phi) is 6.90. The van der Waals surface area contributed by atoms with Crippen LogP contribution in [0.2, 0.25) is 0 Å². The monoisotopic (exact) mass is 494 g/mol. The molecule has 0 radical (unpaired) electrons. The summed E-state index contributed by atoms with van der Waals surface area (Å²) in [5, 5.41) is 16.1. The highest BCUT2D eigenvalue weighted by atomic mass is 32.2. The van der Waals surface area contributed by atoms with Gasteiger partial charge in [-0.1, -0.05) is 5.16 Å². The van der Waals surface area contributed by atoms with E-state index in [0.717, 1.165) is 25.2 Å². The number of β-lactam (4-membered cyclic amide) rings is 1. The third kappa shape index (κ3) is 5.39. The molecule has 0 saturated carbocycles. The average molecular weight is 494 g/mol.